The summed E-state index contributed by atoms with van der Waals surface area (Å²) in [5.41, 5.74) is -0.292. The third-order valence-corrected chi connectivity index (χ3v) is 4.08. The average molecular weight is 291 g/mol. The number of ether oxygens (including phenoxy) is 2. The van der Waals surface area contributed by atoms with Crippen molar-refractivity contribution in [3.8, 4) is 6.01 Å². The molecular formula is C14H17N3O4. The van der Waals surface area contributed by atoms with Gasteiger partial charge in [-0.1, -0.05) is 0 Å². The molecule has 21 heavy (non-hydrogen) atoms. The van der Waals surface area contributed by atoms with E-state index >= 15 is 0 Å². The first kappa shape index (κ1) is 13.9. The number of methoxy groups -OCH3 is 1. The third kappa shape index (κ3) is 2.49. The summed E-state index contributed by atoms with van der Waals surface area (Å²) in [7, 11) is 1.46. The van der Waals surface area contributed by atoms with Gasteiger partial charge in [0.2, 0.25) is 0 Å². The molecule has 7 nitrogen and oxygen atoms in total. The summed E-state index contributed by atoms with van der Waals surface area (Å²) in [4.78, 5) is 34.0. The number of carbonyl (C=O) groups is 2. The normalized spacial score (nSPS) is 25.4. The van der Waals surface area contributed by atoms with Gasteiger partial charge in [0.25, 0.3) is 5.91 Å². The zero-order chi connectivity index (χ0) is 14.9. The first-order valence-corrected chi connectivity index (χ1v) is 6.97. The van der Waals surface area contributed by atoms with E-state index in [9.17, 15) is 9.59 Å². The van der Waals surface area contributed by atoms with Crippen molar-refractivity contribution in [2.75, 3.05) is 26.8 Å². The summed E-state index contributed by atoms with van der Waals surface area (Å²) >= 11 is 0. The second-order valence-electron chi connectivity index (χ2n) is 5.30. The number of nitrogens with zero attached hydrogens (tertiary/aromatic N) is 3. The highest BCUT2D eigenvalue weighted by molar-refractivity contribution is 5.99. The van der Waals surface area contributed by atoms with E-state index in [1.807, 2.05) is 0 Å². The molecule has 1 amide bonds. The lowest BCUT2D eigenvalue weighted by Crippen LogP contribution is -2.53. The van der Waals surface area contributed by atoms with Gasteiger partial charge in [-0.05, 0) is 12.8 Å². The Balaban J connectivity index is 1.70. The van der Waals surface area contributed by atoms with E-state index in [1.165, 1.54) is 24.4 Å². The van der Waals surface area contributed by atoms with Crippen LogP contribution in [0.4, 0.5) is 0 Å². The number of hydrogen-bond acceptors (Lipinski definition) is 6. The van der Waals surface area contributed by atoms with Crippen LogP contribution in [0.1, 0.15) is 29.6 Å². The highest BCUT2D eigenvalue weighted by Gasteiger charge is 2.46. The Morgan fingerprint density at radius 2 is 2.14 bits per heavy atom. The molecule has 7 heteroatoms. The zero-order valence-corrected chi connectivity index (χ0v) is 11.9. The number of likely N-dealkylation sites (tertiary alicyclic amines) is 1. The molecule has 1 aromatic rings. The second-order valence-corrected chi connectivity index (χ2v) is 5.30. The van der Waals surface area contributed by atoms with Crippen molar-refractivity contribution in [1.82, 2.24) is 14.9 Å². The largest absolute Gasteiger partial charge is 0.467 e. The molecule has 0 bridgehead atoms. The van der Waals surface area contributed by atoms with Crippen LogP contribution in [0.2, 0.25) is 0 Å². The number of Topliss-reactive ketones (excluding diaryl/α,β-unsaturated/α-hetero) is 1. The van der Waals surface area contributed by atoms with Crippen molar-refractivity contribution in [2.24, 2.45) is 0 Å². The molecule has 2 aliphatic rings. The predicted molar refractivity (Wildman–Crippen MR) is 72.0 cm³/mol. The van der Waals surface area contributed by atoms with E-state index < -0.39 is 5.60 Å². The quantitative estimate of drug-likeness (QED) is 0.787. The Kier molecular flexibility index (Phi) is 3.59. The van der Waals surface area contributed by atoms with Gasteiger partial charge in [-0.15, -0.1) is 0 Å². The van der Waals surface area contributed by atoms with Crippen molar-refractivity contribution in [1.29, 1.82) is 0 Å². The number of aromatic nitrogens is 2. The number of piperidine rings is 1. The minimum Gasteiger partial charge on any atom is -0.467 e. The van der Waals surface area contributed by atoms with Crippen LogP contribution in [0.3, 0.4) is 0 Å². The van der Waals surface area contributed by atoms with E-state index in [-0.39, 0.29) is 24.2 Å². The van der Waals surface area contributed by atoms with Gasteiger partial charge in [0.05, 0.1) is 19.2 Å². The van der Waals surface area contributed by atoms with E-state index in [2.05, 4.69) is 9.97 Å². The SMILES string of the molecule is COc1ncc(C(=O)N2CCC3(CCCO3)C(=O)C2)cn1. The number of rotatable bonds is 2. The van der Waals surface area contributed by atoms with E-state index in [1.54, 1.807) is 0 Å². The number of carbonyl (C=O) groups excluding carboxylic acids is 2. The average Bonchev–Trinajstić information content (AvgIpc) is 2.99. The van der Waals surface area contributed by atoms with Crippen molar-refractivity contribution < 1.29 is 19.1 Å². The maximum Gasteiger partial charge on any atom is 0.316 e. The fraction of sp³-hybridized carbons (Fsp3) is 0.571. The molecule has 1 aromatic heterocycles. The first-order chi connectivity index (χ1) is 10.1. The molecule has 0 N–H and O–H groups in total. The lowest BCUT2D eigenvalue weighted by molar-refractivity contribution is -0.144. The smallest absolute Gasteiger partial charge is 0.316 e. The molecule has 0 aliphatic carbocycles. The van der Waals surface area contributed by atoms with Gasteiger partial charge in [-0.2, -0.15) is 0 Å². The van der Waals surface area contributed by atoms with Gasteiger partial charge in [0.15, 0.2) is 5.78 Å². The number of hydrogen-bond donors (Lipinski definition) is 0. The first-order valence-electron chi connectivity index (χ1n) is 6.97. The lowest BCUT2D eigenvalue weighted by atomic mass is 9.87. The molecular weight excluding hydrogens is 274 g/mol. The Labute approximate surface area is 122 Å². The highest BCUT2D eigenvalue weighted by atomic mass is 16.5. The molecule has 3 heterocycles. The highest BCUT2D eigenvalue weighted by Crippen LogP contribution is 2.33. The van der Waals surface area contributed by atoms with Gasteiger partial charge in [0.1, 0.15) is 5.60 Å². The fourth-order valence-corrected chi connectivity index (χ4v) is 2.85. The Hall–Kier alpha value is -2.02. The van der Waals surface area contributed by atoms with E-state index in [4.69, 9.17) is 9.47 Å². The molecule has 2 fully saturated rings. The van der Waals surface area contributed by atoms with Crippen LogP contribution in [-0.2, 0) is 9.53 Å². The second kappa shape index (κ2) is 5.40. The molecule has 3 rings (SSSR count). The summed E-state index contributed by atoms with van der Waals surface area (Å²) in [6.45, 7) is 1.23. The summed E-state index contributed by atoms with van der Waals surface area (Å²) in [5.74, 6) is -0.243. The monoisotopic (exact) mass is 291 g/mol. The molecule has 1 unspecified atom stereocenters. The Morgan fingerprint density at radius 1 is 1.38 bits per heavy atom. The summed E-state index contributed by atoms with van der Waals surface area (Å²) < 4.78 is 10.5. The molecule has 2 saturated heterocycles. The zero-order valence-electron chi connectivity index (χ0n) is 11.9. The van der Waals surface area contributed by atoms with Crippen molar-refractivity contribution in [2.45, 2.75) is 24.9 Å². The van der Waals surface area contributed by atoms with Crippen molar-refractivity contribution >= 4 is 11.7 Å². The van der Waals surface area contributed by atoms with Crippen LogP contribution >= 0.6 is 0 Å². The molecule has 0 aromatic carbocycles. The maximum absolute atomic E-state index is 12.4. The van der Waals surface area contributed by atoms with E-state index in [0.29, 0.717) is 25.1 Å². The van der Waals surface area contributed by atoms with Crippen LogP contribution in [0.25, 0.3) is 0 Å². The lowest BCUT2D eigenvalue weighted by Gasteiger charge is -2.37. The predicted octanol–water partition coefficient (Wildman–Crippen LogP) is 0.449. The van der Waals surface area contributed by atoms with Gasteiger partial charge >= 0.3 is 6.01 Å². The Bertz CT molecular complexity index is 552. The fourth-order valence-electron chi connectivity index (χ4n) is 2.85. The van der Waals surface area contributed by atoms with Gasteiger partial charge in [-0.3, -0.25) is 9.59 Å². The van der Waals surface area contributed by atoms with Crippen LogP contribution < -0.4 is 4.74 Å². The molecule has 2 aliphatic heterocycles. The molecule has 0 radical (unpaired) electrons. The molecule has 112 valence electrons. The number of ketones is 1. The number of amides is 1. The van der Waals surface area contributed by atoms with Crippen LogP contribution in [0.15, 0.2) is 12.4 Å². The topological polar surface area (TPSA) is 81.6 Å². The van der Waals surface area contributed by atoms with Gasteiger partial charge in [-0.25, -0.2) is 9.97 Å². The summed E-state index contributed by atoms with van der Waals surface area (Å²) in [5, 5.41) is 0. The maximum atomic E-state index is 12.4. The van der Waals surface area contributed by atoms with Crippen LogP contribution in [0.5, 0.6) is 6.01 Å². The standard InChI is InChI=1S/C14H17N3O4/c1-20-13-15-7-10(8-16-13)12(19)17-5-4-14(11(18)9-17)3-2-6-21-14/h7-8H,2-6,9H2,1H3. The van der Waals surface area contributed by atoms with Crippen LogP contribution in [-0.4, -0.2) is 59.0 Å². The molecule has 0 saturated carbocycles. The minimum absolute atomic E-state index is 0.00553. The van der Waals surface area contributed by atoms with Crippen molar-refractivity contribution in [3.63, 3.8) is 0 Å². The Morgan fingerprint density at radius 3 is 2.71 bits per heavy atom. The summed E-state index contributed by atoms with van der Waals surface area (Å²) in [6.07, 6.45) is 5.06. The van der Waals surface area contributed by atoms with Gasteiger partial charge < -0.3 is 14.4 Å². The molecule has 1 spiro atoms. The third-order valence-electron chi connectivity index (χ3n) is 4.08. The minimum atomic E-state index is -0.646. The van der Waals surface area contributed by atoms with Crippen LogP contribution in [0, 0.1) is 0 Å². The van der Waals surface area contributed by atoms with Crippen molar-refractivity contribution in [3.05, 3.63) is 18.0 Å². The van der Waals surface area contributed by atoms with Gasteiger partial charge in [0, 0.05) is 32.0 Å². The van der Waals surface area contributed by atoms with E-state index in [0.717, 1.165) is 12.8 Å². The summed E-state index contributed by atoms with van der Waals surface area (Å²) in [6, 6.07) is 0.208. The molecule has 1 atom stereocenters.